The summed E-state index contributed by atoms with van der Waals surface area (Å²) in [7, 11) is 0. The van der Waals surface area contributed by atoms with E-state index in [4.69, 9.17) is 10.9 Å². The molecule has 37 heavy (non-hydrogen) atoms. The zero-order valence-electron chi connectivity index (χ0n) is 20.4. The second-order valence-corrected chi connectivity index (χ2v) is 8.61. The number of carbonyl (C=O) groups is 4. The summed E-state index contributed by atoms with van der Waals surface area (Å²) in [6, 6.07) is 12.7. The van der Waals surface area contributed by atoms with Crippen molar-refractivity contribution in [1.29, 1.82) is 0 Å². The summed E-state index contributed by atoms with van der Waals surface area (Å²) < 4.78 is 0. The van der Waals surface area contributed by atoms with Crippen molar-refractivity contribution in [3.05, 3.63) is 65.2 Å². The van der Waals surface area contributed by atoms with E-state index in [2.05, 4.69) is 27.8 Å². The maximum Gasteiger partial charge on any atom is 0.267 e. The summed E-state index contributed by atoms with van der Waals surface area (Å²) in [4.78, 5) is 49.3. The van der Waals surface area contributed by atoms with Gasteiger partial charge in [0.25, 0.3) is 11.8 Å². The molecular formula is C26H30N6O5. The number of rotatable bonds is 8. The number of benzene rings is 2. The van der Waals surface area contributed by atoms with Gasteiger partial charge in [0.1, 0.15) is 6.04 Å². The monoisotopic (exact) mass is 506 g/mol. The second kappa shape index (κ2) is 13.2. The molecule has 0 aromatic heterocycles. The molecular weight excluding hydrogens is 476 g/mol. The van der Waals surface area contributed by atoms with Crippen LogP contribution in [0.3, 0.4) is 0 Å². The van der Waals surface area contributed by atoms with Crippen molar-refractivity contribution in [3.63, 3.8) is 0 Å². The molecule has 11 nitrogen and oxygen atoms in total. The number of nitrogens with one attached hydrogen (secondary N) is 4. The van der Waals surface area contributed by atoms with Gasteiger partial charge in [0.2, 0.25) is 11.8 Å². The summed E-state index contributed by atoms with van der Waals surface area (Å²) in [5, 5.41) is 16.9. The van der Waals surface area contributed by atoms with Gasteiger partial charge in [-0.3, -0.25) is 29.3 Å². The molecule has 1 heterocycles. The summed E-state index contributed by atoms with van der Waals surface area (Å²) in [5.74, 6) is 4.55. The molecule has 0 saturated carbocycles. The fourth-order valence-corrected chi connectivity index (χ4v) is 3.82. The molecule has 1 fully saturated rings. The number of nitrogens with zero attached hydrogens (tertiary/aromatic N) is 1. The molecule has 2 atom stereocenters. The van der Waals surface area contributed by atoms with Crippen LogP contribution in [0.4, 0.5) is 5.69 Å². The minimum Gasteiger partial charge on any atom is -0.352 e. The van der Waals surface area contributed by atoms with Crippen LogP contribution in [-0.4, -0.2) is 72.0 Å². The predicted molar refractivity (Wildman–Crippen MR) is 136 cm³/mol. The SMILES string of the molecule is CC(=O)NC1CCN(CC(=O)Nc2ccc(C#Cc3ccc(C(=O)N[C@@H](CN)C(=O)NO)cc3)cc2)C1. The quantitative estimate of drug-likeness (QED) is 0.164. The van der Waals surface area contributed by atoms with Gasteiger partial charge in [0, 0.05) is 55.0 Å². The Hall–Kier alpha value is -4.24. The molecule has 1 unspecified atom stereocenters. The minimum atomic E-state index is -1.05. The maximum absolute atomic E-state index is 12.4. The number of anilines is 1. The van der Waals surface area contributed by atoms with Gasteiger partial charge in [-0.1, -0.05) is 11.8 Å². The molecule has 2 aromatic rings. The van der Waals surface area contributed by atoms with Gasteiger partial charge < -0.3 is 21.7 Å². The van der Waals surface area contributed by atoms with Gasteiger partial charge in [-0.15, -0.1) is 0 Å². The number of hydroxylamine groups is 1. The van der Waals surface area contributed by atoms with Gasteiger partial charge >= 0.3 is 0 Å². The van der Waals surface area contributed by atoms with Crippen molar-refractivity contribution in [2.75, 3.05) is 31.5 Å². The van der Waals surface area contributed by atoms with Gasteiger partial charge in [0.05, 0.1) is 6.54 Å². The van der Waals surface area contributed by atoms with E-state index < -0.39 is 17.9 Å². The Labute approximate surface area is 214 Å². The smallest absolute Gasteiger partial charge is 0.267 e. The van der Waals surface area contributed by atoms with Crippen molar-refractivity contribution in [2.24, 2.45) is 5.73 Å². The maximum atomic E-state index is 12.4. The molecule has 0 bridgehead atoms. The van der Waals surface area contributed by atoms with E-state index in [1.54, 1.807) is 48.5 Å². The van der Waals surface area contributed by atoms with Gasteiger partial charge in [0.15, 0.2) is 0 Å². The number of hydrogen-bond acceptors (Lipinski definition) is 7. The predicted octanol–water partition coefficient (Wildman–Crippen LogP) is -0.202. The van der Waals surface area contributed by atoms with Crippen molar-refractivity contribution in [1.82, 2.24) is 21.0 Å². The van der Waals surface area contributed by atoms with Crippen molar-refractivity contribution < 1.29 is 24.4 Å². The molecule has 11 heteroatoms. The third-order valence-electron chi connectivity index (χ3n) is 5.68. The topological polar surface area (TPSA) is 166 Å². The van der Waals surface area contributed by atoms with Crippen LogP contribution in [0.5, 0.6) is 0 Å². The highest BCUT2D eigenvalue weighted by molar-refractivity contribution is 5.97. The van der Waals surface area contributed by atoms with Crippen molar-refractivity contribution in [2.45, 2.75) is 25.4 Å². The lowest BCUT2D eigenvalue weighted by molar-refractivity contribution is -0.131. The van der Waals surface area contributed by atoms with E-state index in [0.717, 1.165) is 18.5 Å². The van der Waals surface area contributed by atoms with Gasteiger partial charge in [-0.05, 0) is 55.0 Å². The summed E-state index contributed by atoms with van der Waals surface area (Å²) in [6.07, 6.45) is 0.828. The van der Waals surface area contributed by atoms with Crippen LogP contribution in [0.2, 0.25) is 0 Å². The highest BCUT2D eigenvalue weighted by atomic mass is 16.5. The number of carbonyl (C=O) groups excluding carboxylic acids is 4. The lowest BCUT2D eigenvalue weighted by Crippen LogP contribution is -2.50. The molecule has 194 valence electrons. The first-order valence-electron chi connectivity index (χ1n) is 11.7. The Balaban J connectivity index is 1.50. The van der Waals surface area contributed by atoms with Gasteiger partial charge in [-0.25, -0.2) is 5.48 Å². The fraction of sp³-hybridized carbons (Fsp3) is 0.308. The van der Waals surface area contributed by atoms with Crippen LogP contribution in [0, 0.1) is 11.8 Å². The number of amides is 4. The number of likely N-dealkylation sites (tertiary alicyclic amines) is 1. The first-order valence-corrected chi connectivity index (χ1v) is 11.7. The number of nitrogens with two attached hydrogens (primary N) is 1. The molecule has 0 radical (unpaired) electrons. The van der Waals surface area contributed by atoms with E-state index in [-0.39, 0.29) is 30.9 Å². The normalized spacial score (nSPS) is 15.6. The van der Waals surface area contributed by atoms with Crippen LogP contribution in [0.25, 0.3) is 0 Å². The Bertz CT molecular complexity index is 1190. The summed E-state index contributed by atoms with van der Waals surface area (Å²) in [6.45, 7) is 3.00. The zero-order chi connectivity index (χ0) is 26.8. The lowest BCUT2D eigenvalue weighted by Gasteiger charge is -2.16. The molecule has 4 amide bonds. The molecule has 1 aliphatic heterocycles. The molecule has 1 aliphatic rings. The van der Waals surface area contributed by atoms with E-state index in [0.29, 0.717) is 23.4 Å². The van der Waals surface area contributed by atoms with Crippen molar-refractivity contribution >= 4 is 29.3 Å². The summed E-state index contributed by atoms with van der Waals surface area (Å²) in [5.41, 5.74) is 9.31. The molecule has 1 saturated heterocycles. The van der Waals surface area contributed by atoms with Gasteiger partial charge in [-0.2, -0.15) is 0 Å². The Morgan fingerprint density at radius 2 is 1.68 bits per heavy atom. The number of hydrogen-bond donors (Lipinski definition) is 6. The zero-order valence-corrected chi connectivity index (χ0v) is 20.4. The molecule has 3 rings (SSSR count). The Kier molecular flexibility index (Phi) is 9.74. The fourth-order valence-electron chi connectivity index (χ4n) is 3.82. The Morgan fingerprint density at radius 3 is 2.24 bits per heavy atom. The average molecular weight is 507 g/mol. The largest absolute Gasteiger partial charge is 0.352 e. The molecule has 0 spiro atoms. The lowest BCUT2D eigenvalue weighted by atomic mass is 10.1. The highest BCUT2D eigenvalue weighted by Gasteiger charge is 2.24. The molecule has 7 N–H and O–H groups in total. The third kappa shape index (κ3) is 8.43. The standard InChI is InChI=1S/C26H30N6O5/c1-17(33)28-22-12-13-32(15-22)16-24(34)29-21-10-6-19(7-11-21)3-2-18-4-8-20(9-5-18)25(35)30-23(14-27)26(36)31-37/h4-11,22-23,37H,12-16,27H2,1H3,(H,28,33)(H,29,34)(H,30,35)(H,31,36)/t22?,23-/m0/s1. The molecule has 0 aliphatic carbocycles. The van der Waals surface area contributed by atoms with Crippen LogP contribution >= 0.6 is 0 Å². The van der Waals surface area contributed by atoms with E-state index in [1.165, 1.54) is 12.4 Å². The van der Waals surface area contributed by atoms with Crippen LogP contribution in [-0.2, 0) is 14.4 Å². The highest BCUT2D eigenvalue weighted by Crippen LogP contribution is 2.12. The van der Waals surface area contributed by atoms with Crippen LogP contribution < -0.4 is 27.2 Å². The third-order valence-corrected chi connectivity index (χ3v) is 5.68. The molecule has 2 aromatic carbocycles. The Morgan fingerprint density at radius 1 is 1.05 bits per heavy atom. The first kappa shape index (κ1) is 27.3. The first-order chi connectivity index (χ1) is 17.8. The van der Waals surface area contributed by atoms with Crippen LogP contribution in [0.15, 0.2) is 48.5 Å². The van der Waals surface area contributed by atoms with Crippen LogP contribution in [0.1, 0.15) is 34.8 Å². The van der Waals surface area contributed by atoms with E-state index in [1.807, 2.05) is 4.90 Å². The van der Waals surface area contributed by atoms with E-state index >= 15 is 0 Å². The average Bonchev–Trinajstić information content (AvgIpc) is 3.32. The van der Waals surface area contributed by atoms with E-state index in [9.17, 15) is 19.2 Å². The van der Waals surface area contributed by atoms with Crippen molar-refractivity contribution in [3.8, 4) is 11.8 Å². The minimum absolute atomic E-state index is 0.0630. The second-order valence-electron chi connectivity index (χ2n) is 8.61. The summed E-state index contributed by atoms with van der Waals surface area (Å²) >= 11 is 0.